The summed E-state index contributed by atoms with van der Waals surface area (Å²) >= 11 is 0. The molecule has 2 heterocycles. The third kappa shape index (κ3) is 5.42. The molecule has 1 atom stereocenters. The van der Waals surface area contributed by atoms with Crippen molar-refractivity contribution in [2.24, 2.45) is 0 Å². The van der Waals surface area contributed by atoms with Crippen LogP contribution in [-0.4, -0.2) is 74.9 Å². The van der Waals surface area contributed by atoms with Crippen LogP contribution in [0.25, 0.3) is 0 Å². The SMILES string of the molecule is CC1CCCCN1C(=O)COC(=O)c1cccc(S(=O)(=O)N2CCN(c3ccccc3)CC2)c1. The number of ether oxygens (including phenoxy) is 1. The van der Waals surface area contributed by atoms with Crippen molar-refractivity contribution in [3.63, 3.8) is 0 Å². The third-order valence-corrected chi connectivity index (χ3v) is 8.41. The molecule has 0 aromatic heterocycles. The number of sulfonamides is 1. The van der Waals surface area contributed by atoms with Crippen LogP contribution in [0.2, 0.25) is 0 Å². The second kappa shape index (κ2) is 10.6. The molecule has 1 unspecified atom stereocenters. The first-order valence-corrected chi connectivity index (χ1v) is 13.2. The Morgan fingerprint density at radius 2 is 1.68 bits per heavy atom. The zero-order valence-electron chi connectivity index (χ0n) is 19.4. The van der Waals surface area contributed by atoms with Gasteiger partial charge in [-0.15, -0.1) is 0 Å². The van der Waals surface area contributed by atoms with E-state index in [1.165, 1.54) is 28.6 Å². The Kier molecular flexibility index (Phi) is 7.53. The first-order chi connectivity index (χ1) is 16.4. The van der Waals surface area contributed by atoms with Gasteiger partial charge in [0.1, 0.15) is 0 Å². The summed E-state index contributed by atoms with van der Waals surface area (Å²) in [6.07, 6.45) is 2.98. The lowest BCUT2D eigenvalue weighted by molar-refractivity contribution is -0.137. The van der Waals surface area contributed by atoms with Crippen molar-refractivity contribution in [2.45, 2.75) is 37.1 Å². The molecule has 2 saturated heterocycles. The molecule has 182 valence electrons. The van der Waals surface area contributed by atoms with Crippen LogP contribution >= 0.6 is 0 Å². The van der Waals surface area contributed by atoms with Gasteiger partial charge < -0.3 is 14.5 Å². The monoisotopic (exact) mass is 485 g/mol. The molecule has 2 aromatic rings. The predicted molar refractivity (Wildman–Crippen MR) is 129 cm³/mol. The third-order valence-electron chi connectivity index (χ3n) is 6.52. The van der Waals surface area contributed by atoms with E-state index in [1.54, 1.807) is 4.90 Å². The van der Waals surface area contributed by atoms with Gasteiger partial charge in [0.2, 0.25) is 10.0 Å². The van der Waals surface area contributed by atoms with Crippen LogP contribution in [0.3, 0.4) is 0 Å². The molecule has 0 radical (unpaired) electrons. The van der Waals surface area contributed by atoms with Gasteiger partial charge in [0.05, 0.1) is 10.5 Å². The molecular weight excluding hydrogens is 454 g/mol. The van der Waals surface area contributed by atoms with Crippen molar-refractivity contribution < 1.29 is 22.7 Å². The number of piperidine rings is 1. The highest BCUT2D eigenvalue weighted by atomic mass is 32.2. The van der Waals surface area contributed by atoms with Gasteiger partial charge in [-0.3, -0.25) is 4.79 Å². The van der Waals surface area contributed by atoms with Crippen LogP contribution in [0.1, 0.15) is 36.5 Å². The minimum absolute atomic E-state index is 0.0473. The number of piperazine rings is 1. The van der Waals surface area contributed by atoms with E-state index >= 15 is 0 Å². The molecule has 0 saturated carbocycles. The summed E-state index contributed by atoms with van der Waals surface area (Å²) in [6.45, 7) is 4.20. The van der Waals surface area contributed by atoms with Crippen LogP contribution in [0, 0.1) is 0 Å². The summed E-state index contributed by atoms with van der Waals surface area (Å²) in [6, 6.07) is 15.9. The van der Waals surface area contributed by atoms with Gasteiger partial charge in [-0.2, -0.15) is 4.31 Å². The second-order valence-corrected chi connectivity index (χ2v) is 10.7. The molecule has 2 aliphatic heterocycles. The number of nitrogens with zero attached hydrogens (tertiary/aromatic N) is 3. The number of carbonyl (C=O) groups is 2. The highest BCUT2D eigenvalue weighted by molar-refractivity contribution is 7.89. The molecule has 2 aliphatic rings. The lowest BCUT2D eigenvalue weighted by atomic mass is 10.0. The largest absolute Gasteiger partial charge is 0.452 e. The maximum absolute atomic E-state index is 13.2. The zero-order chi connectivity index (χ0) is 24.1. The number of hydrogen-bond acceptors (Lipinski definition) is 6. The van der Waals surface area contributed by atoms with E-state index in [9.17, 15) is 18.0 Å². The Balaban J connectivity index is 1.37. The summed E-state index contributed by atoms with van der Waals surface area (Å²) in [5.74, 6) is -0.926. The molecule has 34 heavy (non-hydrogen) atoms. The molecular formula is C25H31N3O5S. The molecule has 2 fully saturated rings. The molecule has 2 aromatic carbocycles. The number of esters is 1. The molecule has 0 spiro atoms. The standard InChI is InChI=1S/C25H31N3O5S/c1-20-8-5-6-13-28(20)24(29)19-33-25(30)21-9-7-12-23(18-21)34(31,32)27-16-14-26(15-17-27)22-10-3-2-4-11-22/h2-4,7,9-12,18,20H,5-6,8,13-17,19H2,1H3. The van der Waals surface area contributed by atoms with Gasteiger partial charge in [0, 0.05) is 44.5 Å². The number of likely N-dealkylation sites (tertiary alicyclic amines) is 1. The summed E-state index contributed by atoms with van der Waals surface area (Å²) in [4.78, 5) is 29.0. The molecule has 0 N–H and O–H groups in total. The van der Waals surface area contributed by atoms with E-state index in [2.05, 4.69) is 4.90 Å². The maximum Gasteiger partial charge on any atom is 0.338 e. The highest BCUT2D eigenvalue weighted by Gasteiger charge is 2.29. The Labute approximate surface area is 201 Å². The average Bonchev–Trinajstić information content (AvgIpc) is 2.88. The van der Waals surface area contributed by atoms with Gasteiger partial charge in [0.25, 0.3) is 5.91 Å². The minimum Gasteiger partial charge on any atom is -0.452 e. The van der Waals surface area contributed by atoms with Gasteiger partial charge in [0.15, 0.2) is 6.61 Å². The van der Waals surface area contributed by atoms with Crippen molar-refractivity contribution in [1.82, 2.24) is 9.21 Å². The summed E-state index contributed by atoms with van der Waals surface area (Å²) in [5, 5.41) is 0. The van der Waals surface area contributed by atoms with E-state index in [1.807, 2.05) is 37.3 Å². The van der Waals surface area contributed by atoms with Crippen molar-refractivity contribution in [2.75, 3.05) is 44.2 Å². The zero-order valence-corrected chi connectivity index (χ0v) is 20.2. The number of benzene rings is 2. The number of amides is 1. The normalized spacial score (nSPS) is 19.6. The number of carbonyl (C=O) groups excluding carboxylic acids is 2. The van der Waals surface area contributed by atoms with Crippen molar-refractivity contribution in [3.05, 3.63) is 60.2 Å². The van der Waals surface area contributed by atoms with E-state index in [-0.39, 0.29) is 29.0 Å². The fourth-order valence-corrected chi connectivity index (χ4v) is 5.99. The van der Waals surface area contributed by atoms with E-state index in [4.69, 9.17) is 4.74 Å². The predicted octanol–water partition coefficient (Wildman–Crippen LogP) is 2.76. The van der Waals surface area contributed by atoms with Gasteiger partial charge >= 0.3 is 5.97 Å². The van der Waals surface area contributed by atoms with Crippen molar-refractivity contribution in [3.8, 4) is 0 Å². The first-order valence-electron chi connectivity index (χ1n) is 11.7. The molecule has 9 heteroatoms. The van der Waals surface area contributed by atoms with Crippen LogP contribution in [0.4, 0.5) is 5.69 Å². The minimum atomic E-state index is -3.76. The van der Waals surface area contributed by atoms with E-state index in [0.717, 1.165) is 24.9 Å². The summed E-state index contributed by atoms with van der Waals surface area (Å²) in [7, 11) is -3.76. The quantitative estimate of drug-likeness (QED) is 0.585. The molecule has 8 nitrogen and oxygen atoms in total. The average molecular weight is 486 g/mol. The Morgan fingerprint density at radius 3 is 2.38 bits per heavy atom. The van der Waals surface area contributed by atoms with Gasteiger partial charge in [-0.05, 0) is 56.5 Å². The first kappa shape index (κ1) is 24.2. The smallest absolute Gasteiger partial charge is 0.338 e. The molecule has 0 bridgehead atoms. The molecule has 0 aliphatic carbocycles. The lowest BCUT2D eigenvalue weighted by Crippen LogP contribution is -2.48. The van der Waals surface area contributed by atoms with Crippen LogP contribution in [0.15, 0.2) is 59.5 Å². The Bertz CT molecular complexity index is 1110. The van der Waals surface area contributed by atoms with Crippen LogP contribution in [0.5, 0.6) is 0 Å². The van der Waals surface area contributed by atoms with Crippen LogP contribution in [-0.2, 0) is 19.6 Å². The maximum atomic E-state index is 13.2. The number of hydrogen-bond donors (Lipinski definition) is 0. The molecule has 1 amide bonds. The topological polar surface area (TPSA) is 87.2 Å². The van der Waals surface area contributed by atoms with Gasteiger partial charge in [-0.25, -0.2) is 13.2 Å². The lowest BCUT2D eigenvalue weighted by Gasteiger charge is -2.35. The Hall–Kier alpha value is -2.91. The number of anilines is 1. The van der Waals surface area contributed by atoms with Crippen molar-refractivity contribution >= 4 is 27.6 Å². The van der Waals surface area contributed by atoms with E-state index in [0.29, 0.717) is 32.7 Å². The fraction of sp³-hybridized carbons (Fsp3) is 0.440. The second-order valence-electron chi connectivity index (χ2n) is 8.76. The van der Waals surface area contributed by atoms with Gasteiger partial charge in [-0.1, -0.05) is 24.3 Å². The Morgan fingerprint density at radius 1 is 0.941 bits per heavy atom. The van der Waals surface area contributed by atoms with Crippen LogP contribution < -0.4 is 4.90 Å². The number of para-hydroxylation sites is 1. The highest BCUT2D eigenvalue weighted by Crippen LogP contribution is 2.22. The fourth-order valence-electron chi connectivity index (χ4n) is 4.52. The summed E-state index contributed by atoms with van der Waals surface area (Å²) in [5.41, 5.74) is 1.18. The number of rotatable bonds is 6. The van der Waals surface area contributed by atoms with Crippen molar-refractivity contribution in [1.29, 1.82) is 0 Å². The molecule has 4 rings (SSSR count). The van der Waals surface area contributed by atoms with E-state index < -0.39 is 16.0 Å². The summed E-state index contributed by atoms with van der Waals surface area (Å²) < 4.78 is 33.1.